The minimum Gasteiger partial charge on any atom is -0.545 e. The van der Waals surface area contributed by atoms with Gasteiger partial charge >= 0.3 is 0 Å². The molecule has 0 atom stereocenters. The normalized spacial score (nSPS) is 11.3. The molecule has 0 aliphatic carbocycles. The maximum Gasteiger partial charge on any atom is 0.0715 e. The van der Waals surface area contributed by atoms with Gasteiger partial charge in [-0.05, 0) is 50.1 Å². The highest BCUT2D eigenvalue weighted by Crippen LogP contribution is 2.13. The van der Waals surface area contributed by atoms with Crippen molar-refractivity contribution in [1.29, 1.82) is 0 Å². The molecule has 0 heterocycles. The topological polar surface area (TPSA) is 64.5 Å². The van der Waals surface area contributed by atoms with Gasteiger partial charge in [0.25, 0.3) is 0 Å². The standard InChI is InChI=1S/C17H18N2O2/c1-11-4-5-12(2)16(10-11)13(3)18-19-15-8-6-14(7-9-15)17(20)21/h4-10,19H,1-3H3,(H,20,21)/p-1/b18-13-. The lowest BCUT2D eigenvalue weighted by Crippen LogP contribution is -2.21. The van der Waals surface area contributed by atoms with E-state index in [-0.39, 0.29) is 5.56 Å². The molecule has 2 aromatic rings. The number of carboxylic acids is 1. The van der Waals surface area contributed by atoms with Gasteiger partial charge in [0.05, 0.1) is 17.4 Å². The van der Waals surface area contributed by atoms with Gasteiger partial charge in [0, 0.05) is 5.56 Å². The lowest BCUT2D eigenvalue weighted by molar-refractivity contribution is -0.255. The first-order valence-corrected chi connectivity index (χ1v) is 6.66. The second kappa shape index (κ2) is 6.22. The fourth-order valence-electron chi connectivity index (χ4n) is 2.02. The second-order valence-electron chi connectivity index (χ2n) is 4.99. The Balaban J connectivity index is 2.16. The Morgan fingerprint density at radius 2 is 1.76 bits per heavy atom. The maximum absolute atomic E-state index is 10.7. The summed E-state index contributed by atoms with van der Waals surface area (Å²) < 4.78 is 0. The van der Waals surface area contributed by atoms with Gasteiger partial charge in [-0.3, -0.25) is 5.43 Å². The predicted octanol–water partition coefficient (Wildman–Crippen LogP) is 2.50. The van der Waals surface area contributed by atoms with E-state index in [4.69, 9.17) is 0 Å². The zero-order valence-electron chi connectivity index (χ0n) is 12.3. The first-order valence-electron chi connectivity index (χ1n) is 6.66. The molecule has 0 bridgehead atoms. The average molecular weight is 281 g/mol. The van der Waals surface area contributed by atoms with E-state index in [1.165, 1.54) is 17.7 Å². The molecular weight excluding hydrogens is 264 g/mol. The smallest absolute Gasteiger partial charge is 0.0715 e. The zero-order valence-corrected chi connectivity index (χ0v) is 12.3. The second-order valence-corrected chi connectivity index (χ2v) is 4.99. The van der Waals surface area contributed by atoms with Crippen molar-refractivity contribution >= 4 is 17.4 Å². The minimum absolute atomic E-state index is 0.149. The molecule has 0 spiro atoms. The van der Waals surface area contributed by atoms with Crippen LogP contribution in [0.1, 0.15) is 34.0 Å². The monoisotopic (exact) mass is 281 g/mol. The molecule has 4 heteroatoms. The lowest BCUT2D eigenvalue weighted by Gasteiger charge is -2.08. The summed E-state index contributed by atoms with van der Waals surface area (Å²) in [7, 11) is 0. The van der Waals surface area contributed by atoms with Crippen LogP contribution in [-0.4, -0.2) is 11.7 Å². The highest BCUT2D eigenvalue weighted by Gasteiger charge is 2.02. The van der Waals surface area contributed by atoms with Gasteiger partial charge in [-0.25, -0.2) is 0 Å². The van der Waals surface area contributed by atoms with E-state index in [2.05, 4.69) is 28.7 Å². The molecule has 108 valence electrons. The largest absolute Gasteiger partial charge is 0.545 e. The van der Waals surface area contributed by atoms with Crippen LogP contribution in [-0.2, 0) is 0 Å². The molecule has 1 N–H and O–H groups in total. The average Bonchev–Trinajstić information content (AvgIpc) is 2.47. The number of benzene rings is 2. The van der Waals surface area contributed by atoms with Crippen molar-refractivity contribution in [1.82, 2.24) is 0 Å². The summed E-state index contributed by atoms with van der Waals surface area (Å²) in [5, 5.41) is 15.0. The van der Waals surface area contributed by atoms with Gasteiger partial charge in [0.15, 0.2) is 0 Å². The summed E-state index contributed by atoms with van der Waals surface area (Å²) in [5.41, 5.74) is 8.12. The van der Waals surface area contributed by atoms with Gasteiger partial charge in [-0.1, -0.05) is 29.8 Å². The summed E-state index contributed by atoms with van der Waals surface area (Å²) in [6.07, 6.45) is 0. The van der Waals surface area contributed by atoms with E-state index < -0.39 is 5.97 Å². The Hall–Kier alpha value is -2.62. The first kappa shape index (κ1) is 14.8. The molecule has 2 rings (SSSR count). The van der Waals surface area contributed by atoms with Crippen molar-refractivity contribution < 1.29 is 9.90 Å². The van der Waals surface area contributed by atoms with Crippen molar-refractivity contribution in [2.75, 3.05) is 5.43 Å². The molecule has 0 saturated carbocycles. The fraction of sp³-hybridized carbons (Fsp3) is 0.176. The maximum atomic E-state index is 10.7. The van der Waals surface area contributed by atoms with Gasteiger partial charge in [-0.15, -0.1) is 0 Å². The highest BCUT2D eigenvalue weighted by atomic mass is 16.4. The summed E-state index contributed by atoms with van der Waals surface area (Å²) in [4.78, 5) is 10.7. The van der Waals surface area contributed by atoms with Crippen molar-refractivity contribution in [3.63, 3.8) is 0 Å². The number of rotatable bonds is 4. The number of hydrazone groups is 1. The number of carbonyl (C=O) groups excluding carboxylic acids is 1. The number of aryl methyl sites for hydroxylation is 2. The molecule has 0 aliphatic heterocycles. The summed E-state index contributed by atoms with van der Waals surface area (Å²) >= 11 is 0. The minimum atomic E-state index is -1.18. The van der Waals surface area contributed by atoms with E-state index in [1.807, 2.05) is 20.8 Å². The molecule has 0 saturated heterocycles. The molecule has 21 heavy (non-hydrogen) atoms. The third kappa shape index (κ3) is 3.69. The molecular formula is C17H17N2O2-. The van der Waals surface area contributed by atoms with Crippen molar-refractivity contribution in [3.8, 4) is 0 Å². The van der Waals surface area contributed by atoms with Crippen LogP contribution < -0.4 is 10.5 Å². The van der Waals surface area contributed by atoms with Crippen LogP contribution in [0.5, 0.6) is 0 Å². The van der Waals surface area contributed by atoms with Crippen molar-refractivity contribution in [2.24, 2.45) is 5.10 Å². The number of aromatic carboxylic acids is 1. The lowest BCUT2D eigenvalue weighted by atomic mass is 10.0. The Morgan fingerprint density at radius 3 is 2.38 bits per heavy atom. The molecule has 0 amide bonds. The van der Waals surface area contributed by atoms with Gasteiger partial charge in [0.1, 0.15) is 0 Å². The van der Waals surface area contributed by atoms with Crippen LogP contribution in [0, 0.1) is 13.8 Å². The number of hydrogen-bond donors (Lipinski definition) is 1. The number of anilines is 1. The number of carbonyl (C=O) groups is 1. The quantitative estimate of drug-likeness (QED) is 0.691. The number of nitrogens with one attached hydrogen (secondary N) is 1. The van der Waals surface area contributed by atoms with E-state index in [0.717, 1.165) is 22.5 Å². The number of hydrogen-bond acceptors (Lipinski definition) is 4. The van der Waals surface area contributed by atoms with Gasteiger partial charge < -0.3 is 9.90 Å². The van der Waals surface area contributed by atoms with Gasteiger partial charge in [0.2, 0.25) is 0 Å². The van der Waals surface area contributed by atoms with Crippen molar-refractivity contribution in [2.45, 2.75) is 20.8 Å². The predicted molar refractivity (Wildman–Crippen MR) is 82.5 cm³/mol. The molecule has 0 unspecified atom stereocenters. The molecule has 0 aliphatic rings. The van der Waals surface area contributed by atoms with E-state index in [9.17, 15) is 9.90 Å². The molecule has 2 aromatic carbocycles. The number of carboxylic acid groups (broad SMARTS) is 1. The molecule has 0 aromatic heterocycles. The third-order valence-electron chi connectivity index (χ3n) is 3.26. The van der Waals surface area contributed by atoms with Crippen molar-refractivity contribution in [3.05, 3.63) is 64.7 Å². The van der Waals surface area contributed by atoms with Crippen LogP contribution >= 0.6 is 0 Å². The van der Waals surface area contributed by atoms with E-state index >= 15 is 0 Å². The van der Waals surface area contributed by atoms with Crippen LogP contribution in [0.4, 0.5) is 5.69 Å². The van der Waals surface area contributed by atoms with Crippen LogP contribution in [0.25, 0.3) is 0 Å². The Kier molecular flexibility index (Phi) is 4.38. The van der Waals surface area contributed by atoms with Crippen LogP contribution in [0.15, 0.2) is 47.6 Å². The van der Waals surface area contributed by atoms with Crippen LogP contribution in [0.2, 0.25) is 0 Å². The zero-order chi connectivity index (χ0) is 15.4. The third-order valence-corrected chi connectivity index (χ3v) is 3.26. The first-order chi connectivity index (χ1) is 9.97. The highest BCUT2D eigenvalue weighted by molar-refractivity contribution is 6.00. The van der Waals surface area contributed by atoms with E-state index in [0.29, 0.717) is 0 Å². The SMILES string of the molecule is C/C(=N/Nc1ccc(C(=O)[O-])cc1)c1cc(C)ccc1C. The van der Waals surface area contributed by atoms with Gasteiger partial charge in [-0.2, -0.15) is 5.10 Å². The summed E-state index contributed by atoms with van der Waals surface area (Å²) in [6, 6.07) is 12.5. The molecule has 0 radical (unpaired) electrons. The van der Waals surface area contributed by atoms with E-state index in [1.54, 1.807) is 12.1 Å². The Bertz CT molecular complexity index is 688. The fourth-order valence-corrected chi connectivity index (χ4v) is 2.02. The Morgan fingerprint density at radius 1 is 1.10 bits per heavy atom. The summed E-state index contributed by atoms with van der Waals surface area (Å²) in [6.45, 7) is 6.02. The van der Waals surface area contributed by atoms with Crippen LogP contribution in [0.3, 0.4) is 0 Å². The number of nitrogens with zero attached hydrogens (tertiary/aromatic N) is 1. The Labute approximate surface area is 124 Å². The molecule has 0 fully saturated rings. The summed E-state index contributed by atoms with van der Waals surface area (Å²) in [5.74, 6) is -1.18. The molecule has 4 nitrogen and oxygen atoms in total.